The standard InChI is InChI=1S/C16H20N4O/c1-3-15-17-9-11-20(15)16-8-4-6-13(18-16)14-7-5-10-19(14)12(2)21/h4,6,8-9,11,14H,3,5,7,10H2,1-2H3. The minimum absolute atomic E-state index is 0.107. The number of nitrogens with zero attached hydrogens (tertiary/aromatic N) is 4. The lowest BCUT2D eigenvalue weighted by Crippen LogP contribution is -2.28. The highest BCUT2D eigenvalue weighted by Gasteiger charge is 2.29. The molecule has 0 N–H and O–H groups in total. The minimum atomic E-state index is 0.107. The average Bonchev–Trinajstić information content (AvgIpc) is 3.16. The summed E-state index contributed by atoms with van der Waals surface area (Å²) in [6.45, 7) is 4.54. The summed E-state index contributed by atoms with van der Waals surface area (Å²) in [5.41, 5.74) is 0.968. The van der Waals surface area contributed by atoms with Crippen molar-refractivity contribution in [3.05, 3.63) is 42.1 Å². The normalized spacial score (nSPS) is 18.2. The lowest BCUT2D eigenvalue weighted by Gasteiger charge is -2.23. The highest BCUT2D eigenvalue weighted by molar-refractivity contribution is 5.74. The Balaban J connectivity index is 1.95. The zero-order valence-corrected chi connectivity index (χ0v) is 12.5. The van der Waals surface area contributed by atoms with Crippen LogP contribution in [0, 0.1) is 0 Å². The lowest BCUT2D eigenvalue weighted by atomic mass is 10.1. The minimum Gasteiger partial charge on any atom is -0.334 e. The van der Waals surface area contributed by atoms with Gasteiger partial charge in [0.25, 0.3) is 0 Å². The van der Waals surface area contributed by atoms with Crippen LogP contribution in [0.4, 0.5) is 0 Å². The Morgan fingerprint density at radius 3 is 3.05 bits per heavy atom. The van der Waals surface area contributed by atoms with Gasteiger partial charge in [0.2, 0.25) is 5.91 Å². The quantitative estimate of drug-likeness (QED) is 0.870. The number of aromatic nitrogens is 3. The molecule has 1 aliphatic heterocycles. The molecule has 0 saturated carbocycles. The van der Waals surface area contributed by atoms with E-state index >= 15 is 0 Å². The number of carbonyl (C=O) groups excluding carboxylic acids is 1. The number of amides is 1. The van der Waals surface area contributed by atoms with Crippen LogP contribution >= 0.6 is 0 Å². The van der Waals surface area contributed by atoms with Crippen LogP contribution in [0.15, 0.2) is 30.6 Å². The Morgan fingerprint density at radius 2 is 2.29 bits per heavy atom. The number of hydrogen-bond donors (Lipinski definition) is 0. The number of carbonyl (C=O) groups is 1. The predicted molar refractivity (Wildman–Crippen MR) is 80.1 cm³/mol. The first-order chi connectivity index (χ1) is 10.2. The van der Waals surface area contributed by atoms with Gasteiger partial charge in [0.15, 0.2) is 0 Å². The zero-order chi connectivity index (χ0) is 14.8. The Hall–Kier alpha value is -2.17. The van der Waals surface area contributed by atoms with E-state index in [2.05, 4.69) is 11.9 Å². The maximum absolute atomic E-state index is 11.7. The monoisotopic (exact) mass is 284 g/mol. The van der Waals surface area contributed by atoms with E-state index in [1.165, 1.54) is 0 Å². The second kappa shape index (κ2) is 5.68. The van der Waals surface area contributed by atoms with E-state index in [4.69, 9.17) is 4.98 Å². The van der Waals surface area contributed by atoms with Gasteiger partial charge >= 0.3 is 0 Å². The fraction of sp³-hybridized carbons (Fsp3) is 0.438. The first-order valence-electron chi connectivity index (χ1n) is 7.47. The van der Waals surface area contributed by atoms with Gasteiger partial charge in [0.05, 0.1) is 11.7 Å². The van der Waals surface area contributed by atoms with Crippen molar-refractivity contribution >= 4 is 5.91 Å². The molecule has 1 amide bonds. The molecule has 0 spiro atoms. The molecule has 5 nitrogen and oxygen atoms in total. The lowest BCUT2D eigenvalue weighted by molar-refractivity contribution is -0.129. The van der Waals surface area contributed by atoms with Crippen LogP contribution < -0.4 is 0 Å². The van der Waals surface area contributed by atoms with Crippen LogP contribution in [0.1, 0.15) is 44.2 Å². The topological polar surface area (TPSA) is 51.0 Å². The van der Waals surface area contributed by atoms with Crippen molar-refractivity contribution in [2.24, 2.45) is 0 Å². The van der Waals surface area contributed by atoms with Gasteiger partial charge in [-0.3, -0.25) is 9.36 Å². The van der Waals surface area contributed by atoms with Gasteiger partial charge in [-0.05, 0) is 25.0 Å². The SMILES string of the molecule is CCc1nccn1-c1cccc(C2CCCN2C(C)=O)n1. The van der Waals surface area contributed by atoms with Crippen molar-refractivity contribution in [3.63, 3.8) is 0 Å². The van der Waals surface area contributed by atoms with Crippen molar-refractivity contribution in [1.29, 1.82) is 0 Å². The third kappa shape index (κ3) is 2.55. The summed E-state index contributed by atoms with van der Waals surface area (Å²) in [5.74, 6) is 1.99. The van der Waals surface area contributed by atoms with Crippen molar-refractivity contribution in [1.82, 2.24) is 19.4 Å². The van der Waals surface area contributed by atoms with Crippen molar-refractivity contribution in [3.8, 4) is 5.82 Å². The molecule has 0 bridgehead atoms. The maximum atomic E-state index is 11.7. The number of hydrogen-bond acceptors (Lipinski definition) is 3. The van der Waals surface area contributed by atoms with E-state index in [0.717, 1.165) is 43.1 Å². The summed E-state index contributed by atoms with van der Waals surface area (Å²) in [6, 6.07) is 6.11. The Kier molecular flexibility index (Phi) is 3.73. The number of imidazole rings is 1. The second-order valence-corrected chi connectivity index (χ2v) is 5.36. The molecular weight excluding hydrogens is 264 g/mol. The number of rotatable bonds is 3. The predicted octanol–water partition coefficient (Wildman–Crippen LogP) is 2.51. The number of pyridine rings is 1. The van der Waals surface area contributed by atoms with E-state index < -0.39 is 0 Å². The molecule has 0 aliphatic carbocycles. The average molecular weight is 284 g/mol. The molecule has 1 saturated heterocycles. The molecule has 5 heteroatoms. The van der Waals surface area contributed by atoms with E-state index in [0.29, 0.717) is 0 Å². The summed E-state index contributed by atoms with van der Waals surface area (Å²) in [5, 5.41) is 0. The van der Waals surface area contributed by atoms with Gasteiger partial charge in [-0.2, -0.15) is 0 Å². The summed E-state index contributed by atoms with van der Waals surface area (Å²) in [6.07, 6.45) is 6.62. The number of likely N-dealkylation sites (tertiary alicyclic amines) is 1. The van der Waals surface area contributed by atoms with Crippen LogP contribution in [0.25, 0.3) is 5.82 Å². The third-order valence-corrected chi connectivity index (χ3v) is 4.04. The smallest absolute Gasteiger partial charge is 0.220 e. The molecule has 1 fully saturated rings. The molecule has 0 radical (unpaired) electrons. The fourth-order valence-corrected chi connectivity index (χ4v) is 3.01. The Labute approximate surface area is 124 Å². The van der Waals surface area contributed by atoms with Crippen molar-refractivity contribution in [2.45, 2.75) is 39.2 Å². The van der Waals surface area contributed by atoms with E-state index in [-0.39, 0.29) is 11.9 Å². The van der Waals surface area contributed by atoms with Crippen LogP contribution in [-0.4, -0.2) is 31.9 Å². The van der Waals surface area contributed by atoms with Gasteiger partial charge in [-0.25, -0.2) is 9.97 Å². The van der Waals surface area contributed by atoms with Crippen molar-refractivity contribution in [2.75, 3.05) is 6.54 Å². The zero-order valence-electron chi connectivity index (χ0n) is 12.5. The molecule has 2 aromatic rings. The highest BCUT2D eigenvalue weighted by Crippen LogP contribution is 2.31. The van der Waals surface area contributed by atoms with Gasteiger partial charge in [-0.1, -0.05) is 13.0 Å². The molecule has 2 aromatic heterocycles. The maximum Gasteiger partial charge on any atom is 0.220 e. The van der Waals surface area contributed by atoms with Crippen molar-refractivity contribution < 1.29 is 4.79 Å². The fourth-order valence-electron chi connectivity index (χ4n) is 3.01. The van der Waals surface area contributed by atoms with Crippen LogP contribution in [-0.2, 0) is 11.2 Å². The first kappa shape index (κ1) is 13.8. The van der Waals surface area contributed by atoms with Crippen LogP contribution in [0.2, 0.25) is 0 Å². The Morgan fingerprint density at radius 1 is 1.43 bits per heavy atom. The molecule has 3 rings (SSSR count). The molecule has 1 unspecified atom stereocenters. The summed E-state index contributed by atoms with van der Waals surface area (Å²) in [4.78, 5) is 22.8. The van der Waals surface area contributed by atoms with Crippen LogP contribution in [0.5, 0.6) is 0 Å². The van der Waals surface area contributed by atoms with Gasteiger partial charge in [0, 0.05) is 32.3 Å². The summed E-state index contributed by atoms with van der Waals surface area (Å²) < 4.78 is 2.01. The molecule has 0 aromatic carbocycles. The summed E-state index contributed by atoms with van der Waals surface area (Å²) >= 11 is 0. The highest BCUT2D eigenvalue weighted by atomic mass is 16.2. The largest absolute Gasteiger partial charge is 0.334 e. The van der Waals surface area contributed by atoms with Gasteiger partial charge in [-0.15, -0.1) is 0 Å². The molecule has 1 aliphatic rings. The molecular formula is C16H20N4O. The van der Waals surface area contributed by atoms with Gasteiger partial charge < -0.3 is 4.90 Å². The molecule has 21 heavy (non-hydrogen) atoms. The summed E-state index contributed by atoms with van der Waals surface area (Å²) in [7, 11) is 0. The molecule has 110 valence electrons. The third-order valence-electron chi connectivity index (χ3n) is 4.04. The molecule has 1 atom stereocenters. The van der Waals surface area contributed by atoms with Crippen LogP contribution in [0.3, 0.4) is 0 Å². The second-order valence-electron chi connectivity index (χ2n) is 5.36. The first-order valence-corrected chi connectivity index (χ1v) is 7.47. The molecule has 3 heterocycles. The number of aryl methyl sites for hydroxylation is 1. The van der Waals surface area contributed by atoms with E-state index in [9.17, 15) is 4.79 Å². The van der Waals surface area contributed by atoms with E-state index in [1.54, 1.807) is 13.1 Å². The Bertz CT molecular complexity index is 649. The van der Waals surface area contributed by atoms with E-state index in [1.807, 2.05) is 33.9 Å². The van der Waals surface area contributed by atoms with Gasteiger partial charge in [0.1, 0.15) is 11.6 Å².